The van der Waals surface area contributed by atoms with Gasteiger partial charge < -0.3 is 0 Å². The van der Waals surface area contributed by atoms with Crippen LogP contribution < -0.4 is 0 Å². The highest BCUT2D eigenvalue weighted by molar-refractivity contribution is 6.05. The van der Waals surface area contributed by atoms with Crippen LogP contribution in [0.5, 0.6) is 0 Å². The molecule has 0 unspecified atom stereocenters. The van der Waals surface area contributed by atoms with Gasteiger partial charge in [0.25, 0.3) is 0 Å². The van der Waals surface area contributed by atoms with E-state index in [9.17, 15) is 0 Å². The van der Waals surface area contributed by atoms with Crippen molar-refractivity contribution in [2.45, 2.75) is 0 Å². The van der Waals surface area contributed by atoms with Crippen molar-refractivity contribution in [1.82, 2.24) is 29.9 Å². The lowest BCUT2D eigenvalue weighted by Gasteiger charge is -2.17. The van der Waals surface area contributed by atoms with Crippen molar-refractivity contribution in [2.24, 2.45) is 0 Å². The van der Waals surface area contributed by atoms with Crippen LogP contribution in [0.2, 0.25) is 0 Å². The maximum atomic E-state index is 5.61. The molecule has 0 saturated carbocycles. The summed E-state index contributed by atoms with van der Waals surface area (Å²) in [5.41, 5.74) is 21.4. The zero-order valence-electron chi connectivity index (χ0n) is 44.6. The summed E-state index contributed by atoms with van der Waals surface area (Å²) in [4.78, 5) is 31.6. The molecule has 0 spiro atoms. The van der Waals surface area contributed by atoms with E-state index in [-0.39, 0.29) is 0 Å². The number of nitrogens with zero attached hydrogens (tertiary/aromatic N) is 6. The Morgan fingerprint density at radius 1 is 0.171 bits per heavy atom. The van der Waals surface area contributed by atoms with Crippen molar-refractivity contribution in [2.75, 3.05) is 0 Å². The summed E-state index contributed by atoms with van der Waals surface area (Å²) in [6, 6.07) is 105. The Labute approximate surface area is 476 Å². The average molecular weight is 1050 g/mol. The van der Waals surface area contributed by atoms with Gasteiger partial charge in [-0.2, -0.15) is 0 Å². The molecule has 0 saturated heterocycles. The molecule has 0 bridgehead atoms. The highest BCUT2D eigenvalue weighted by Gasteiger charge is 2.20. The third-order valence-electron chi connectivity index (χ3n) is 14.9. The number of fused-ring (bicyclic) bond motifs is 1. The first kappa shape index (κ1) is 49.2. The second kappa shape index (κ2) is 22.0. The Morgan fingerprint density at radius 2 is 0.476 bits per heavy atom. The van der Waals surface area contributed by atoms with Crippen LogP contribution in [-0.2, 0) is 0 Å². The van der Waals surface area contributed by atoms with Crippen LogP contribution in [0.3, 0.4) is 0 Å². The van der Waals surface area contributed by atoms with E-state index in [0.717, 1.165) is 128 Å². The fraction of sp³-hybridized carbons (Fsp3) is 0. The smallest absolute Gasteiger partial charge is 0.160 e. The van der Waals surface area contributed by atoms with E-state index in [2.05, 4.69) is 231 Å². The number of hydrogen-bond acceptors (Lipinski definition) is 6. The van der Waals surface area contributed by atoms with Gasteiger partial charge in [0, 0.05) is 55.5 Å². The Hall–Kier alpha value is -11.1. The molecule has 0 aliphatic rings. The van der Waals surface area contributed by atoms with E-state index in [0.29, 0.717) is 17.5 Å². The summed E-state index contributed by atoms with van der Waals surface area (Å²) in [5, 5.41) is 0.929. The summed E-state index contributed by atoms with van der Waals surface area (Å²) >= 11 is 0. The van der Waals surface area contributed by atoms with Gasteiger partial charge in [0.15, 0.2) is 17.5 Å². The van der Waals surface area contributed by atoms with Gasteiger partial charge >= 0.3 is 0 Å². The molecule has 0 aliphatic heterocycles. The molecule has 3 heterocycles. The van der Waals surface area contributed by atoms with Crippen LogP contribution in [0.15, 0.2) is 303 Å². The van der Waals surface area contributed by atoms with E-state index in [1.165, 1.54) is 0 Å². The van der Waals surface area contributed by atoms with Crippen molar-refractivity contribution >= 4 is 10.9 Å². The summed E-state index contributed by atoms with van der Waals surface area (Å²) in [5.74, 6) is 1.93. The first-order valence-electron chi connectivity index (χ1n) is 27.5. The number of aromatic nitrogens is 6. The van der Waals surface area contributed by atoms with E-state index in [4.69, 9.17) is 29.9 Å². The van der Waals surface area contributed by atoms with Gasteiger partial charge in [-0.15, -0.1) is 0 Å². The van der Waals surface area contributed by atoms with Gasteiger partial charge in [-0.1, -0.05) is 267 Å². The Balaban J connectivity index is 0.957. The fourth-order valence-corrected chi connectivity index (χ4v) is 10.7. The lowest BCUT2D eigenvalue weighted by atomic mass is 9.91. The Morgan fingerprint density at radius 3 is 0.915 bits per heavy atom. The standard InChI is InChI=1S/C76H50N6/c1-7-21-51(22-8-1)61-33-19-35-63(45-61)65-47-66(64-36-20-34-62(46-64)52-23-9-2-10-24-52)73-67(48-65)72(57-41-37-55(38-42-57)70-49-68(53-25-11-3-12-26-53)77-74(79-70)58-29-15-5-16-30-58)81-76(82-73)60-43-39-56(40-44-60)71-50-69(54-27-13-4-14-28-54)78-75(80-71)59-31-17-6-18-32-59/h1-50H. The normalized spacial score (nSPS) is 11.2. The van der Waals surface area contributed by atoms with Crippen LogP contribution in [0.25, 0.3) is 146 Å². The summed E-state index contributed by atoms with van der Waals surface area (Å²) in [7, 11) is 0. The zero-order valence-corrected chi connectivity index (χ0v) is 44.6. The van der Waals surface area contributed by atoms with Crippen LogP contribution in [-0.4, -0.2) is 29.9 Å². The molecule has 0 aliphatic carbocycles. The average Bonchev–Trinajstić information content (AvgIpc) is 3.67. The second-order valence-electron chi connectivity index (χ2n) is 20.3. The minimum absolute atomic E-state index is 0.603. The molecule has 0 amide bonds. The number of hydrogen-bond donors (Lipinski definition) is 0. The molecule has 0 radical (unpaired) electrons. The molecular formula is C76H50N6. The Bertz CT molecular complexity index is 4440. The predicted octanol–water partition coefficient (Wildman–Crippen LogP) is 19.2. The predicted molar refractivity (Wildman–Crippen MR) is 336 cm³/mol. The van der Waals surface area contributed by atoms with Crippen molar-refractivity contribution in [3.8, 4) is 135 Å². The third kappa shape index (κ3) is 10.2. The first-order chi connectivity index (χ1) is 40.6. The molecule has 3 aromatic heterocycles. The molecule has 11 aromatic carbocycles. The highest BCUT2D eigenvalue weighted by atomic mass is 14.9. The van der Waals surface area contributed by atoms with E-state index in [1.54, 1.807) is 0 Å². The minimum atomic E-state index is 0.603. The molecule has 14 aromatic rings. The van der Waals surface area contributed by atoms with Gasteiger partial charge in [0.1, 0.15) is 0 Å². The van der Waals surface area contributed by atoms with Crippen LogP contribution >= 0.6 is 0 Å². The van der Waals surface area contributed by atoms with Crippen LogP contribution in [0, 0.1) is 0 Å². The van der Waals surface area contributed by atoms with Gasteiger partial charge in [-0.3, -0.25) is 0 Å². The molecule has 6 nitrogen and oxygen atoms in total. The topological polar surface area (TPSA) is 77.3 Å². The monoisotopic (exact) mass is 1050 g/mol. The quantitative estimate of drug-likeness (QED) is 0.121. The van der Waals surface area contributed by atoms with Crippen LogP contribution in [0.1, 0.15) is 0 Å². The lowest BCUT2D eigenvalue weighted by Crippen LogP contribution is -1.99. The van der Waals surface area contributed by atoms with Gasteiger partial charge in [0.05, 0.1) is 34.0 Å². The van der Waals surface area contributed by atoms with Gasteiger partial charge in [-0.25, -0.2) is 29.9 Å². The molecule has 6 heteroatoms. The Kier molecular flexibility index (Phi) is 13.2. The molecule has 0 N–H and O–H groups in total. The third-order valence-corrected chi connectivity index (χ3v) is 14.9. The second-order valence-corrected chi connectivity index (χ2v) is 20.3. The van der Waals surface area contributed by atoms with Gasteiger partial charge in [0.2, 0.25) is 0 Å². The maximum Gasteiger partial charge on any atom is 0.160 e. The van der Waals surface area contributed by atoms with Crippen molar-refractivity contribution < 1.29 is 0 Å². The summed E-state index contributed by atoms with van der Waals surface area (Å²) in [6.07, 6.45) is 0. The molecule has 14 rings (SSSR count). The van der Waals surface area contributed by atoms with E-state index < -0.39 is 0 Å². The number of rotatable bonds is 12. The highest BCUT2D eigenvalue weighted by Crippen LogP contribution is 2.41. The van der Waals surface area contributed by atoms with Crippen LogP contribution in [0.4, 0.5) is 0 Å². The van der Waals surface area contributed by atoms with Crippen molar-refractivity contribution in [3.05, 3.63) is 303 Å². The SMILES string of the molecule is c1ccc(-c2cccc(-c3cc(-c4cccc(-c5ccccc5)c4)c4nc(-c5ccc(-c6cc(-c7ccccc7)nc(-c7ccccc7)n6)cc5)nc(-c5ccc(-c6cc(-c7ccccc7)nc(-c7ccccc7)n6)cc5)c4c3)c2)cc1. The minimum Gasteiger partial charge on any atom is -0.228 e. The zero-order chi connectivity index (χ0) is 54.6. The maximum absolute atomic E-state index is 5.61. The van der Waals surface area contributed by atoms with Crippen molar-refractivity contribution in [3.63, 3.8) is 0 Å². The van der Waals surface area contributed by atoms with Crippen molar-refractivity contribution in [1.29, 1.82) is 0 Å². The van der Waals surface area contributed by atoms with E-state index >= 15 is 0 Å². The fourth-order valence-electron chi connectivity index (χ4n) is 10.7. The summed E-state index contributed by atoms with van der Waals surface area (Å²) < 4.78 is 0. The van der Waals surface area contributed by atoms with Gasteiger partial charge in [-0.05, 0) is 75.3 Å². The largest absolute Gasteiger partial charge is 0.228 e. The molecular weight excluding hydrogens is 997 g/mol. The molecule has 0 atom stereocenters. The van der Waals surface area contributed by atoms with E-state index in [1.807, 2.05) is 72.8 Å². The molecule has 0 fully saturated rings. The number of benzene rings is 11. The first-order valence-corrected chi connectivity index (χ1v) is 27.5. The molecule has 82 heavy (non-hydrogen) atoms. The molecule has 384 valence electrons. The summed E-state index contributed by atoms with van der Waals surface area (Å²) in [6.45, 7) is 0. The lowest BCUT2D eigenvalue weighted by molar-refractivity contribution is 1.18.